The summed E-state index contributed by atoms with van der Waals surface area (Å²) in [6.07, 6.45) is 1.47. The Bertz CT molecular complexity index is 590. The van der Waals surface area contributed by atoms with Crippen LogP contribution in [0.25, 0.3) is 10.9 Å². The standard InChI is InChI=1S/C14H16N2OS/c17-14(6-8-18)16-7-5-11-10-3-1-2-4-12(10)15-13(11)9-16/h1-4,15,18H,5-9H2. The van der Waals surface area contributed by atoms with Gasteiger partial charge < -0.3 is 9.88 Å². The maximum atomic E-state index is 11.9. The molecule has 0 bridgehead atoms. The second kappa shape index (κ2) is 4.69. The number of hydrogen-bond donors (Lipinski definition) is 2. The predicted molar refractivity (Wildman–Crippen MR) is 75.9 cm³/mol. The molecule has 4 heteroatoms. The van der Waals surface area contributed by atoms with E-state index in [0.717, 1.165) is 13.0 Å². The van der Waals surface area contributed by atoms with E-state index >= 15 is 0 Å². The number of fused-ring (bicyclic) bond motifs is 3. The lowest BCUT2D eigenvalue weighted by atomic mass is 10.0. The summed E-state index contributed by atoms with van der Waals surface area (Å²) in [5.74, 6) is 0.823. The van der Waals surface area contributed by atoms with Crippen LogP contribution in [0, 0.1) is 0 Å². The number of nitrogens with one attached hydrogen (secondary N) is 1. The number of aromatic amines is 1. The van der Waals surface area contributed by atoms with Crippen LogP contribution in [0.2, 0.25) is 0 Å². The van der Waals surface area contributed by atoms with Crippen molar-refractivity contribution < 1.29 is 4.79 Å². The van der Waals surface area contributed by atoms with Crippen molar-refractivity contribution in [2.75, 3.05) is 12.3 Å². The van der Waals surface area contributed by atoms with Crippen molar-refractivity contribution in [1.82, 2.24) is 9.88 Å². The number of H-pyrrole nitrogens is 1. The molecule has 3 rings (SSSR count). The number of carbonyl (C=O) groups excluding carboxylic acids is 1. The molecule has 1 aliphatic rings. The molecule has 0 atom stereocenters. The van der Waals surface area contributed by atoms with Gasteiger partial charge in [0.25, 0.3) is 0 Å². The van der Waals surface area contributed by atoms with Crippen LogP contribution in [-0.2, 0) is 17.8 Å². The molecule has 0 aliphatic carbocycles. The van der Waals surface area contributed by atoms with Gasteiger partial charge in [-0.15, -0.1) is 0 Å². The van der Waals surface area contributed by atoms with Gasteiger partial charge in [0.2, 0.25) is 5.91 Å². The molecule has 1 aromatic heterocycles. The Hall–Kier alpha value is -1.42. The number of amides is 1. The normalized spacial score (nSPS) is 14.8. The number of hydrogen-bond acceptors (Lipinski definition) is 2. The van der Waals surface area contributed by atoms with Crippen LogP contribution in [0.5, 0.6) is 0 Å². The number of thiol groups is 1. The quantitative estimate of drug-likeness (QED) is 0.799. The summed E-state index contributed by atoms with van der Waals surface area (Å²) in [5.41, 5.74) is 3.74. The number of carbonyl (C=O) groups is 1. The zero-order chi connectivity index (χ0) is 12.5. The molecule has 3 nitrogen and oxygen atoms in total. The van der Waals surface area contributed by atoms with E-state index < -0.39 is 0 Å². The maximum absolute atomic E-state index is 11.9. The van der Waals surface area contributed by atoms with Gasteiger partial charge in [-0.1, -0.05) is 18.2 Å². The third-order valence-corrected chi connectivity index (χ3v) is 3.78. The van der Waals surface area contributed by atoms with Crippen molar-refractivity contribution in [3.8, 4) is 0 Å². The average molecular weight is 260 g/mol. The monoisotopic (exact) mass is 260 g/mol. The van der Waals surface area contributed by atoms with Crippen LogP contribution >= 0.6 is 12.6 Å². The number of aromatic nitrogens is 1. The first-order valence-corrected chi connectivity index (χ1v) is 6.90. The van der Waals surface area contributed by atoms with Gasteiger partial charge in [-0.2, -0.15) is 12.6 Å². The van der Waals surface area contributed by atoms with Crippen molar-refractivity contribution in [2.24, 2.45) is 0 Å². The van der Waals surface area contributed by atoms with E-state index in [2.05, 4.69) is 35.8 Å². The minimum atomic E-state index is 0.203. The number of para-hydroxylation sites is 1. The van der Waals surface area contributed by atoms with E-state index in [1.165, 1.54) is 22.2 Å². The Morgan fingerprint density at radius 2 is 2.22 bits per heavy atom. The Morgan fingerprint density at radius 1 is 1.39 bits per heavy atom. The molecule has 0 fully saturated rings. The van der Waals surface area contributed by atoms with Crippen molar-refractivity contribution >= 4 is 29.4 Å². The lowest BCUT2D eigenvalue weighted by Gasteiger charge is -2.27. The lowest BCUT2D eigenvalue weighted by Crippen LogP contribution is -2.35. The molecule has 0 saturated carbocycles. The molecule has 1 aromatic carbocycles. The fourth-order valence-electron chi connectivity index (χ4n) is 2.66. The fourth-order valence-corrected chi connectivity index (χ4v) is 2.85. The topological polar surface area (TPSA) is 36.1 Å². The average Bonchev–Trinajstić information content (AvgIpc) is 2.76. The summed E-state index contributed by atoms with van der Waals surface area (Å²) < 4.78 is 0. The Labute approximate surface area is 112 Å². The molecule has 0 spiro atoms. The van der Waals surface area contributed by atoms with Crippen LogP contribution in [0.4, 0.5) is 0 Å². The molecule has 0 unspecified atom stereocenters. The molecule has 0 saturated heterocycles. The van der Waals surface area contributed by atoms with E-state index in [1.54, 1.807) is 0 Å². The Balaban J connectivity index is 1.91. The minimum Gasteiger partial charge on any atom is -0.357 e. The molecule has 0 radical (unpaired) electrons. The molecular weight excluding hydrogens is 244 g/mol. The molecule has 18 heavy (non-hydrogen) atoms. The van der Waals surface area contributed by atoms with Crippen LogP contribution in [0.1, 0.15) is 17.7 Å². The highest BCUT2D eigenvalue weighted by atomic mass is 32.1. The summed E-state index contributed by atoms with van der Waals surface area (Å²) in [5, 5.41) is 1.30. The summed E-state index contributed by atoms with van der Waals surface area (Å²) in [4.78, 5) is 17.2. The minimum absolute atomic E-state index is 0.203. The molecule has 2 heterocycles. The predicted octanol–water partition coefficient (Wildman–Crippen LogP) is 2.37. The van der Waals surface area contributed by atoms with E-state index in [1.807, 2.05) is 11.0 Å². The fraction of sp³-hybridized carbons (Fsp3) is 0.357. The number of nitrogens with zero attached hydrogens (tertiary/aromatic N) is 1. The van der Waals surface area contributed by atoms with Crippen molar-refractivity contribution in [2.45, 2.75) is 19.4 Å². The van der Waals surface area contributed by atoms with Crippen LogP contribution in [-0.4, -0.2) is 28.1 Å². The highest BCUT2D eigenvalue weighted by molar-refractivity contribution is 7.80. The second-order valence-electron chi connectivity index (χ2n) is 4.67. The third-order valence-electron chi connectivity index (χ3n) is 3.56. The molecule has 2 aromatic rings. The Kier molecular flexibility index (Phi) is 3.04. The molecule has 1 N–H and O–H groups in total. The highest BCUT2D eigenvalue weighted by Gasteiger charge is 2.22. The van der Waals surface area contributed by atoms with Crippen LogP contribution in [0.15, 0.2) is 24.3 Å². The van der Waals surface area contributed by atoms with E-state index in [-0.39, 0.29) is 5.91 Å². The zero-order valence-corrected chi connectivity index (χ0v) is 11.0. The van der Waals surface area contributed by atoms with Gasteiger partial charge in [0.15, 0.2) is 0 Å². The summed E-state index contributed by atoms with van der Waals surface area (Å²) in [7, 11) is 0. The van der Waals surface area contributed by atoms with E-state index in [9.17, 15) is 4.79 Å². The highest BCUT2D eigenvalue weighted by Crippen LogP contribution is 2.27. The smallest absolute Gasteiger partial charge is 0.223 e. The molecule has 1 aliphatic heterocycles. The number of benzene rings is 1. The van der Waals surface area contributed by atoms with Gasteiger partial charge in [-0.25, -0.2) is 0 Å². The van der Waals surface area contributed by atoms with Gasteiger partial charge in [0, 0.05) is 29.6 Å². The van der Waals surface area contributed by atoms with Crippen molar-refractivity contribution in [3.05, 3.63) is 35.5 Å². The first kappa shape index (κ1) is 11.7. The van der Waals surface area contributed by atoms with Gasteiger partial charge in [-0.05, 0) is 23.8 Å². The second-order valence-corrected chi connectivity index (χ2v) is 5.11. The number of rotatable bonds is 2. The largest absolute Gasteiger partial charge is 0.357 e. The SMILES string of the molecule is O=C(CCS)N1CCc2c([nH]c3ccccc23)C1. The first-order chi connectivity index (χ1) is 8.79. The Morgan fingerprint density at radius 3 is 3.06 bits per heavy atom. The van der Waals surface area contributed by atoms with Gasteiger partial charge in [0.05, 0.1) is 6.54 Å². The first-order valence-electron chi connectivity index (χ1n) is 6.26. The van der Waals surface area contributed by atoms with E-state index in [4.69, 9.17) is 0 Å². The van der Waals surface area contributed by atoms with Crippen molar-refractivity contribution in [3.63, 3.8) is 0 Å². The summed E-state index contributed by atoms with van der Waals surface area (Å²) in [6, 6.07) is 8.34. The molecule has 94 valence electrons. The summed E-state index contributed by atoms with van der Waals surface area (Å²) in [6.45, 7) is 1.53. The zero-order valence-electron chi connectivity index (χ0n) is 10.1. The van der Waals surface area contributed by atoms with Gasteiger partial charge in [0.1, 0.15) is 0 Å². The van der Waals surface area contributed by atoms with Crippen molar-refractivity contribution in [1.29, 1.82) is 0 Å². The molecule has 1 amide bonds. The van der Waals surface area contributed by atoms with Gasteiger partial charge in [-0.3, -0.25) is 4.79 Å². The maximum Gasteiger partial charge on any atom is 0.223 e. The molecular formula is C14H16N2OS. The van der Waals surface area contributed by atoms with Crippen LogP contribution < -0.4 is 0 Å². The van der Waals surface area contributed by atoms with Gasteiger partial charge >= 0.3 is 0 Å². The van der Waals surface area contributed by atoms with E-state index in [0.29, 0.717) is 18.7 Å². The third kappa shape index (κ3) is 1.90. The summed E-state index contributed by atoms with van der Waals surface area (Å²) >= 11 is 4.12. The van der Waals surface area contributed by atoms with Crippen LogP contribution in [0.3, 0.4) is 0 Å². The lowest BCUT2D eigenvalue weighted by molar-refractivity contribution is -0.131.